The normalized spacial score (nSPS) is 10.8. The van der Waals surface area contributed by atoms with Gasteiger partial charge < -0.3 is 10.3 Å². The number of alkyl halides is 3. The summed E-state index contributed by atoms with van der Waals surface area (Å²) < 4.78 is 54.4. The molecule has 0 aliphatic carbocycles. The van der Waals surface area contributed by atoms with Gasteiger partial charge in [-0.1, -0.05) is 0 Å². The molecular weight excluding hydrogens is 228 g/mol. The fourth-order valence-corrected chi connectivity index (χ4v) is 1.09. The van der Waals surface area contributed by atoms with Gasteiger partial charge in [-0.25, -0.2) is 4.39 Å². The predicted molar refractivity (Wildman–Crippen MR) is 46.7 cm³/mol. The van der Waals surface area contributed by atoms with Crippen LogP contribution in [0, 0.1) is 5.82 Å². The second kappa shape index (κ2) is 4.32. The predicted octanol–water partition coefficient (Wildman–Crippen LogP) is 2.42. The molecule has 0 saturated heterocycles. The number of hydrogen-bond donors (Lipinski definition) is 0. The first-order chi connectivity index (χ1) is 7.40. The summed E-state index contributed by atoms with van der Waals surface area (Å²) in [6.07, 6.45) is -4.82. The van der Waals surface area contributed by atoms with Crippen LogP contribution in [0.25, 0.3) is 5.53 Å². The Morgan fingerprint density at radius 2 is 2.00 bits per heavy atom. The van der Waals surface area contributed by atoms with E-state index in [0.717, 1.165) is 25.3 Å². The Morgan fingerprint density at radius 1 is 1.38 bits per heavy atom. The van der Waals surface area contributed by atoms with Gasteiger partial charge >= 0.3 is 11.9 Å². The fraction of sp³-hybridized carbons (Fsp3) is 0.222. The van der Waals surface area contributed by atoms with Crippen LogP contribution in [-0.4, -0.2) is 23.8 Å². The van der Waals surface area contributed by atoms with E-state index in [2.05, 4.69) is 9.53 Å². The van der Waals surface area contributed by atoms with Gasteiger partial charge in [-0.05, 0) is 18.2 Å². The van der Waals surface area contributed by atoms with Gasteiger partial charge in [-0.2, -0.15) is 18.0 Å². The summed E-state index contributed by atoms with van der Waals surface area (Å²) in [5.74, 6) is -1.16. The molecule has 0 atom stereocenters. The van der Waals surface area contributed by atoms with Gasteiger partial charge in [0, 0.05) is 0 Å². The maximum Gasteiger partial charge on any atom is 0.495 e. The van der Waals surface area contributed by atoms with Crippen molar-refractivity contribution in [2.75, 3.05) is 7.11 Å². The zero-order valence-corrected chi connectivity index (χ0v) is 8.05. The van der Waals surface area contributed by atoms with Crippen molar-refractivity contribution in [3.05, 3.63) is 35.1 Å². The van der Waals surface area contributed by atoms with Crippen molar-refractivity contribution in [2.45, 2.75) is 6.18 Å². The SMILES string of the molecule is COc1cc(C(=[N+]=[N-])C(F)(F)F)ccc1F. The summed E-state index contributed by atoms with van der Waals surface area (Å²) >= 11 is 0. The second-order valence-electron chi connectivity index (χ2n) is 2.80. The molecule has 0 fully saturated rings. The average molecular weight is 234 g/mol. The average Bonchev–Trinajstić information content (AvgIpc) is 2.19. The Bertz CT molecular complexity index is 449. The van der Waals surface area contributed by atoms with Crippen LogP contribution in [0.15, 0.2) is 18.2 Å². The molecule has 7 heteroatoms. The third-order valence-electron chi connectivity index (χ3n) is 1.79. The molecule has 0 aliphatic heterocycles. The molecule has 0 unspecified atom stereocenters. The Kier molecular flexibility index (Phi) is 3.29. The first-order valence-electron chi connectivity index (χ1n) is 4.03. The minimum absolute atomic E-state index is 0.358. The molecule has 16 heavy (non-hydrogen) atoms. The summed E-state index contributed by atoms with van der Waals surface area (Å²) in [6.45, 7) is 0. The molecule has 0 heterocycles. The van der Waals surface area contributed by atoms with Gasteiger partial charge in [0.2, 0.25) is 0 Å². The van der Waals surface area contributed by atoms with Crippen LogP contribution in [0.3, 0.4) is 0 Å². The molecule has 1 rings (SSSR count). The summed E-state index contributed by atoms with van der Waals surface area (Å²) in [5.41, 5.74) is 6.29. The molecule has 0 radical (unpaired) electrons. The highest BCUT2D eigenvalue weighted by atomic mass is 19.4. The zero-order chi connectivity index (χ0) is 12.3. The van der Waals surface area contributed by atoms with E-state index >= 15 is 0 Å². The van der Waals surface area contributed by atoms with Crippen molar-refractivity contribution in [1.82, 2.24) is 0 Å². The van der Waals surface area contributed by atoms with Crippen molar-refractivity contribution < 1.29 is 27.1 Å². The van der Waals surface area contributed by atoms with Crippen LogP contribution in [0.2, 0.25) is 0 Å². The summed E-state index contributed by atoms with van der Waals surface area (Å²) in [6, 6.07) is 2.45. The minimum atomic E-state index is -4.82. The quantitative estimate of drug-likeness (QED) is 0.335. The van der Waals surface area contributed by atoms with E-state index in [1.807, 2.05) is 0 Å². The number of halogens is 4. The van der Waals surface area contributed by atoms with Gasteiger partial charge in [-0.3, -0.25) is 0 Å². The van der Waals surface area contributed by atoms with Crippen LogP contribution >= 0.6 is 0 Å². The van der Waals surface area contributed by atoms with E-state index in [0.29, 0.717) is 0 Å². The summed E-state index contributed by atoms with van der Waals surface area (Å²) in [4.78, 5) is 2.15. The first kappa shape index (κ1) is 12.2. The summed E-state index contributed by atoms with van der Waals surface area (Å²) in [5, 5.41) is 0. The fourth-order valence-electron chi connectivity index (χ4n) is 1.09. The van der Waals surface area contributed by atoms with E-state index in [1.165, 1.54) is 0 Å². The zero-order valence-electron chi connectivity index (χ0n) is 8.05. The Morgan fingerprint density at radius 3 is 2.44 bits per heavy atom. The van der Waals surface area contributed by atoms with Crippen molar-refractivity contribution in [3.8, 4) is 5.75 Å². The van der Waals surface area contributed by atoms with Gasteiger partial charge in [0.15, 0.2) is 11.6 Å². The van der Waals surface area contributed by atoms with Crippen LogP contribution in [0.5, 0.6) is 5.75 Å². The molecular formula is C9H6F4N2O. The van der Waals surface area contributed by atoms with E-state index in [4.69, 9.17) is 5.53 Å². The lowest BCUT2D eigenvalue weighted by atomic mass is 10.1. The van der Waals surface area contributed by atoms with Crippen LogP contribution in [-0.2, 0) is 0 Å². The lowest BCUT2D eigenvalue weighted by Gasteiger charge is -2.04. The molecule has 0 bridgehead atoms. The van der Waals surface area contributed by atoms with E-state index in [-0.39, 0.29) is 5.75 Å². The van der Waals surface area contributed by atoms with Crippen molar-refractivity contribution in [1.29, 1.82) is 0 Å². The molecule has 1 aromatic carbocycles. The standard InChI is InChI=1S/C9H6F4N2O/c1-16-7-4-5(2-3-6(7)10)8(15-14)9(11,12)13/h2-4H,1H3. The van der Waals surface area contributed by atoms with E-state index < -0.39 is 23.3 Å². The largest absolute Gasteiger partial charge is 0.495 e. The van der Waals surface area contributed by atoms with Crippen LogP contribution < -0.4 is 4.74 Å². The van der Waals surface area contributed by atoms with Crippen molar-refractivity contribution in [3.63, 3.8) is 0 Å². The number of hydrogen-bond acceptors (Lipinski definition) is 1. The lowest BCUT2D eigenvalue weighted by Crippen LogP contribution is -2.25. The molecule has 3 nitrogen and oxygen atoms in total. The van der Waals surface area contributed by atoms with E-state index in [9.17, 15) is 17.6 Å². The number of benzene rings is 1. The van der Waals surface area contributed by atoms with Gasteiger partial charge in [0.25, 0.3) is 0 Å². The van der Waals surface area contributed by atoms with Crippen molar-refractivity contribution >= 4 is 5.71 Å². The molecule has 0 aliphatic rings. The monoisotopic (exact) mass is 234 g/mol. The highest BCUT2D eigenvalue weighted by molar-refractivity contribution is 6.00. The highest BCUT2D eigenvalue weighted by Gasteiger charge is 2.45. The van der Waals surface area contributed by atoms with E-state index in [1.54, 1.807) is 0 Å². The molecule has 0 spiro atoms. The van der Waals surface area contributed by atoms with Gasteiger partial charge in [0.05, 0.1) is 12.7 Å². The topological polar surface area (TPSA) is 45.6 Å². The molecule has 0 amide bonds. The molecule has 1 aromatic rings. The third kappa shape index (κ3) is 2.38. The number of ether oxygens (including phenoxy) is 1. The maximum atomic E-state index is 12.9. The second-order valence-corrected chi connectivity index (χ2v) is 2.80. The van der Waals surface area contributed by atoms with Crippen molar-refractivity contribution in [2.24, 2.45) is 0 Å². The molecule has 0 aromatic heterocycles. The smallest absolute Gasteiger partial charge is 0.494 e. The number of rotatable bonds is 2. The lowest BCUT2D eigenvalue weighted by molar-refractivity contribution is -0.111. The molecule has 0 saturated carbocycles. The van der Waals surface area contributed by atoms with Gasteiger partial charge in [0.1, 0.15) is 0 Å². The number of methoxy groups -OCH3 is 1. The number of nitrogens with zero attached hydrogens (tertiary/aromatic N) is 2. The molecule has 86 valence electrons. The Hall–Kier alpha value is -1.88. The maximum absolute atomic E-state index is 12.9. The Balaban J connectivity index is 3.29. The van der Waals surface area contributed by atoms with Crippen LogP contribution in [0.4, 0.5) is 17.6 Å². The third-order valence-corrected chi connectivity index (χ3v) is 1.79. The highest BCUT2D eigenvalue weighted by Crippen LogP contribution is 2.25. The van der Waals surface area contributed by atoms with Crippen LogP contribution in [0.1, 0.15) is 5.56 Å². The first-order valence-corrected chi connectivity index (χ1v) is 4.03. The Labute approximate surface area is 87.9 Å². The molecule has 0 N–H and O–H groups in total. The summed E-state index contributed by atoms with van der Waals surface area (Å²) in [7, 11) is 1.12. The minimum Gasteiger partial charge on any atom is -0.494 e. The van der Waals surface area contributed by atoms with Gasteiger partial charge in [-0.15, -0.1) is 0 Å².